The average Bonchev–Trinajstić information content (AvgIpc) is 4.12. The van der Waals surface area contributed by atoms with Crippen LogP contribution in [0.2, 0.25) is 0 Å². The van der Waals surface area contributed by atoms with Crippen LogP contribution < -0.4 is 9.47 Å². The zero-order chi connectivity index (χ0) is 42.9. The lowest BCUT2D eigenvalue weighted by Crippen LogP contribution is -2.70. The number of fused-ring (bicyclic) bond motifs is 2. The normalized spacial score (nSPS) is 24.4. The van der Waals surface area contributed by atoms with Gasteiger partial charge in [0.1, 0.15) is 36.6 Å². The highest BCUT2D eigenvalue weighted by Crippen LogP contribution is 2.62. The summed E-state index contributed by atoms with van der Waals surface area (Å²) in [4.78, 5) is 33.6. The third-order valence-electron chi connectivity index (χ3n) is 12.4. The molecule has 4 aliphatic rings. The Labute approximate surface area is 356 Å². The molecule has 6 unspecified atom stereocenters. The number of ether oxygens (including phenoxy) is 3. The first-order valence-electron chi connectivity index (χ1n) is 21.4. The average molecular weight is 838 g/mol. The third kappa shape index (κ3) is 9.74. The summed E-state index contributed by atoms with van der Waals surface area (Å²) < 4.78 is 34.8. The van der Waals surface area contributed by atoms with Crippen molar-refractivity contribution in [1.82, 2.24) is 4.90 Å². The predicted molar refractivity (Wildman–Crippen MR) is 228 cm³/mol. The van der Waals surface area contributed by atoms with Gasteiger partial charge in [0.15, 0.2) is 0 Å². The summed E-state index contributed by atoms with van der Waals surface area (Å²) >= 11 is 0. The van der Waals surface area contributed by atoms with Gasteiger partial charge in [-0.2, -0.15) is 0 Å². The number of allylic oxidation sites excluding steroid dienone is 1. The highest BCUT2D eigenvalue weighted by atomic mass is 19.1. The number of unbranched alkanes of at least 4 members (excludes halogenated alkanes) is 2. The highest BCUT2D eigenvalue weighted by molar-refractivity contribution is 6.03. The molecule has 3 aromatic rings. The van der Waals surface area contributed by atoms with E-state index >= 15 is 0 Å². The first-order valence-corrected chi connectivity index (χ1v) is 21.4. The number of oxime groups is 1. The largest absolute Gasteiger partial charge is 0.490 e. The van der Waals surface area contributed by atoms with Crippen molar-refractivity contribution in [3.8, 4) is 11.5 Å². The van der Waals surface area contributed by atoms with E-state index in [1.54, 1.807) is 36.4 Å². The van der Waals surface area contributed by atoms with Gasteiger partial charge in [0.2, 0.25) is 11.7 Å². The second kappa shape index (κ2) is 20.0. The van der Waals surface area contributed by atoms with Crippen molar-refractivity contribution in [3.63, 3.8) is 0 Å². The Morgan fingerprint density at radius 2 is 1.67 bits per heavy atom. The fraction of sp³-hybridized carbons (Fsp3) is 0.458. The number of hydrogen-bond acceptors (Lipinski definition) is 10. The van der Waals surface area contributed by atoms with Crippen LogP contribution in [0.15, 0.2) is 109 Å². The minimum atomic E-state index is -1.45. The molecule has 1 heterocycles. The summed E-state index contributed by atoms with van der Waals surface area (Å²) in [5.41, 5.74) is 3.84. The van der Waals surface area contributed by atoms with Crippen molar-refractivity contribution in [1.29, 1.82) is 0 Å². The molecule has 0 bridgehead atoms. The Morgan fingerprint density at radius 1 is 0.967 bits per heavy atom. The summed E-state index contributed by atoms with van der Waals surface area (Å²) in [7, 11) is 0. The fourth-order valence-electron chi connectivity index (χ4n) is 9.48. The second-order valence-corrected chi connectivity index (χ2v) is 16.4. The number of nitro groups is 1. The van der Waals surface area contributed by atoms with Crippen LogP contribution in [0.25, 0.3) is 0 Å². The monoisotopic (exact) mass is 837 g/mol. The molecule has 0 spiro atoms. The zero-order valence-corrected chi connectivity index (χ0v) is 34.5. The van der Waals surface area contributed by atoms with Crippen molar-refractivity contribution >= 4 is 17.3 Å². The van der Waals surface area contributed by atoms with E-state index in [0.29, 0.717) is 42.2 Å². The van der Waals surface area contributed by atoms with E-state index in [-0.39, 0.29) is 80.5 Å². The third-order valence-corrected chi connectivity index (χ3v) is 12.4. The van der Waals surface area contributed by atoms with Crippen LogP contribution in [0, 0.1) is 39.6 Å². The van der Waals surface area contributed by atoms with Crippen LogP contribution in [0.1, 0.15) is 80.4 Å². The van der Waals surface area contributed by atoms with Gasteiger partial charge in [-0.1, -0.05) is 54.9 Å². The molecule has 0 aromatic heterocycles. The molecule has 1 aliphatic heterocycles. The molecule has 2 fully saturated rings. The molecule has 13 heteroatoms. The quantitative estimate of drug-likeness (QED) is 0.0439. The summed E-state index contributed by atoms with van der Waals surface area (Å²) in [5, 5.41) is 36.0. The number of nitrogens with zero attached hydrogens (tertiary/aromatic N) is 3. The summed E-state index contributed by atoms with van der Waals surface area (Å²) in [6.45, 7) is 8.62. The molecule has 61 heavy (non-hydrogen) atoms. The number of aliphatic hydroxyl groups excluding tert-OH is 2. The van der Waals surface area contributed by atoms with Gasteiger partial charge in [-0.15, -0.1) is 6.58 Å². The van der Waals surface area contributed by atoms with E-state index in [1.165, 1.54) is 24.3 Å². The molecule has 7 rings (SSSR count). The van der Waals surface area contributed by atoms with Crippen LogP contribution >= 0.6 is 0 Å². The van der Waals surface area contributed by atoms with Gasteiger partial charge in [-0.05, 0) is 110 Å². The summed E-state index contributed by atoms with van der Waals surface area (Å²) in [5.74, 6) is -1.52. The summed E-state index contributed by atoms with van der Waals surface area (Å²) in [6.07, 6.45) is 11.7. The van der Waals surface area contributed by atoms with E-state index in [0.717, 1.165) is 55.2 Å². The number of hydrogen-bond donors (Lipinski definition) is 2. The highest BCUT2D eigenvalue weighted by Gasteiger charge is 2.66. The van der Waals surface area contributed by atoms with Crippen LogP contribution in [0.4, 0.5) is 10.1 Å². The second-order valence-electron chi connectivity index (χ2n) is 16.4. The van der Waals surface area contributed by atoms with Gasteiger partial charge in [-0.25, -0.2) is 4.39 Å². The van der Waals surface area contributed by atoms with Gasteiger partial charge in [0.05, 0.1) is 23.2 Å². The number of rotatable bonds is 22. The first-order chi connectivity index (χ1) is 29.7. The van der Waals surface area contributed by atoms with Crippen molar-refractivity contribution < 1.29 is 43.4 Å². The van der Waals surface area contributed by atoms with Crippen molar-refractivity contribution in [2.24, 2.45) is 28.8 Å². The SMILES string of the molecule is C=CCOc1ccc2c(c1)C1C(CCCCO)C(CCCCO)C=C3C(=NOCc4ccc([N+](=O)[O-])cc4)CC(N(Cc4ccc(F)cc4)C(=O)C4CC4)C(OCC=C)(O2)C31. The Bertz CT molecular complexity index is 2090. The Kier molecular flexibility index (Phi) is 14.3. The van der Waals surface area contributed by atoms with Crippen molar-refractivity contribution in [2.75, 3.05) is 26.4 Å². The van der Waals surface area contributed by atoms with E-state index in [1.807, 2.05) is 23.1 Å². The molecule has 12 nitrogen and oxygen atoms in total. The zero-order valence-electron chi connectivity index (χ0n) is 34.5. The number of benzene rings is 3. The lowest BCUT2D eigenvalue weighted by molar-refractivity contribution is -0.384. The van der Waals surface area contributed by atoms with Crippen molar-refractivity contribution in [2.45, 2.75) is 88.7 Å². The van der Waals surface area contributed by atoms with E-state index in [2.05, 4.69) is 19.2 Å². The van der Waals surface area contributed by atoms with Crippen LogP contribution in [-0.4, -0.2) is 69.9 Å². The molecule has 0 radical (unpaired) electrons. The molecule has 2 saturated carbocycles. The van der Waals surface area contributed by atoms with Gasteiger partial charge in [-0.3, -0.25) is 14.9 Å². The predicted octanol–water partition coefficient (Wildman–Crippen LogP) is 8.57. The number of carbonyl (C=O) groups excluding carboxylic acids is 1. The number of amides is 1. The molecule has 1 amide bonds. The molecule has 3 aromatic carbocycles. The molecule has 2 N–H and O–H groups in total. The molecule has 0 saturated heterocycles. The van der Waals surface area contributed by atoms with Crippen LogP contribution in [0.5, 0.6) is 11.5 Å². The summed E-state index contributed by atoms with van der Waals surface area (Å²) in [6, 6.07) is 17.4. The lowest BCUT2D eigenvalue weighted by atomic mass is 9.55. The maximum Gasteiger partial charge on any atom is 0.269 e. The molecule has 6 atom stereocenters. The van der Waals surface area contributed by atoms with Crippen LogP contribution in [0.3, 0.4) is 0 Å². The minimum Gasteiger partial charge on any atom is -0.490 e. The number of halogens is 1. The van der Waals surface area contributed by atoms with E-state index in [9.17, 15) is 29.5 Å². The first kappa shape index (κ1) is 43.7. The van der Waals surface area contributed by atoms with E-state index in [4.69, 9.17) is 24.2 Å². The number of nitro benzene ring substituents is 1. The van der Waals surface area contributed by atoms with Gasteiger partial charge >= 0.3 is 0 Å². The van der Waals surface area contributed by atoms with Crippen LogP contribution in [-0.2, 0) is 27.5 Å². The lowest BCUT2D eigenvalue weighted by Gasteiger charge is -2.60. The fourth-order valence-corrected chi connectivity index (χ4v) is 9.48. The van der Waals surface area contributed by atoms with Gasteiger partial charge in [0.25, 0.3) is 5.69 Å². The van der Waals surface area contributed by atoms with Gasteiger partial charge in [0, 0.05) is 55.7 Å². The van der Waals surface area contributed by atoms with Crippen molar-refractivity contribution in [3.05, 3.63) is 136 Å². The smallest absolute Gasteiger partial charge is 0.269 e. The van der Waals surface area contributed by atoms with E-state index < -0.39 is 22.7 Å². The maximum absolute atomic E-state index is 14.7. The number of aliphatic hydroxyl groups is 2. The number of non-ortho nitro benzene ring substituents is 1. The van der Waals surface area contributed by atoms with Gasteiger partial charge < -0.3 is 34.2 Å². The number of carbonyl (C=O) groups is 1. The topological polar surface area (TPSA) is 153 Å². The Balaban J connectivity index is 1.43. The minimum absolute atomic E-state index is 0.0220. The molecule has 3 aliphatic carbocycles. The molecular formula is C48H56FN3O9. The standard InChI is InChI=1S/C48H56FN3O9/c1-3-25-58-38-21-22-43-41(28-38)45-39(10-6-8-24-54)35(9-5-7-23-53)27-40-42(50-60-31-33-13-19-37(20-14-33)52(56)57)29-44(48(61-43,46(40)45)59-26-4-2)51(47(55)34-15-16-34)30-32-11-17-36(49)18-12-32/h3-4,11-14,17-22,27-28,34-35,39,44-46,53-54H,1-2,5-10,15-16,23-26,29-31H2. The maximum atomic E-state index is 14.7. The Morgan fingerprint density at radius 3 is 2.34 bits per heavy atom. The molecular weight excluding hydrogens is 782 g/mol. The Hall–Kier alpha value is -5.37. The molecule has 324 valence electrons.